The Balaban J connectivity index is 1.85. The van der Waals surface area contributed by atoms with Crippen molar-refractivity contribution in [2.75, 3.05) is 5.75 Å². The lowest BCUT2D eigenvalue weighted by Crippen LogP contribution is -2.10. The Kier molecular flexibility index (Phi) is 4.43. The number of hydrogen-bond acceptors (Lipinski definition) is 8. The summed E-state index contributed by atoms with van der Waals surface area (Å²) in [6, 6.07) is 6.76. The van der Waals surface area contributed by atoms with Gasteiger partial charge in [-0.05, 0) is 30.7 Å². The van der Waals surface area contributed by atoms with Crippen molar-refractivity contribution in [3.8, 4) is 23.2 Å². The fourth-order valence-corrected chi connectivity index (χ4v) is 3.55. The Hall–Kier alpha value is -3.47. The summed E-state index contributed by atoms with van der Waals surface area (Å²) in [4.78, 5) is 17.0. The SMILES string of the molecule is CCS(=O)(=O)c1ccc(-n2cncn2)nc1-c1ncn(-c2ccc(C)cn2)n1. The van der Waals surface area contributed by atoms with Crippen molar-refractivity contribution in [3.63, 3.8) is 0 Å². The van der Waals surface area contributed by atoms with E-state index in [0.717, 1.165) is 5.56 Å². The van der Waals surface area contributed by atoms with Crippen molar-refractivity contribution in [2.45, 2.75) is 18.7 Å². The van der Waals surface area contributed by atoms with Crippen LogP contribution in [0.15, 0.2) is 54.3 Å². The average Bonchev–Trinajstić information content (AvgIpc) is 3.40. The van der Waals surface area contributed by atoms with Crippen molar-refractivity contribution in [1.82, 2.24) is 39.5 Å². The molecule has 0 aromatic carbocycles. The highest BCUT2D eigenvalue weighted by molar-refractivity contribution is 7.91. The second-order valence-electron chi connectivity index (χ2n) is 5.97. The molecule has 0 amide bonds. The number of aryl methyl sites for hydroxylation is 1. The molecule has 0 spiro atoms. The Morgan fingerprint density at radius 3 is 2.50 bits per heavy atom. The number of nitrogens with zero attached hydrogens (tertiary/aromatic N) is 8. The molecule has 0 saturated carbocycles. The van der Waals surface area contributed by atoms with Crippen molar-refractivity contribution in [3.05, 3.63) is 55.0 Å². The molecule has 0 radical (unpaired) electrons. The third-order valence-corrected chi connectivity index (χ3v) is 5.81. The van der Waals surface area contributed by atoms with E-state index in [9.17, 15) is 8.42 Å². The first-order valence-electron chi connectivity index (χ1n) is 8.42. The largest absolute Gasteiger partial charge is 0.237 e. The zero-order chi connectivity index (χ0) is 19.7. The summed E-state index contributed by atoms with van der Waals surface area (Å²) in [6.45, 7) is 3.51. The molecular formula is C17H16N8O2S. The molecule has 0 aliphatic rings. The van der Waals surface area contributed by atoms with Gasteiger partial charge in [0.2, 0.25) is 5.82 Å². The van der Waals surface area contributed by atoms with Gasteiger partial charge in [-0.1, -0.05) is 13.0 Å². The first-order valence-corrected chi connectivity index (χ1v) is 10.1. The quantitative estimate of drug-likeness (QED) is 0.496. The maximum Gasteiger partial charge on any atom is 0.201 e. The minimum absolute atomic E-state index is 0.0634. The zero-order valence-electron chi connectivity index (χ0n) is 15.1. The summed E-state index contributed by atoms with van der Waals surface area (Å²) in [5, 5.41) is 8.41. The Labute approximate surface area is 160 Å². The van der Waals surface area contributed by atoms with E-state index >= 15 is 0 Å². The number of hydrogen-bond donors (Lipinski definition) is 0. The number of aromatic nitrogens is 8. The fraction of sp³-hybridized carbons (Fsp3) is 0.176. The molecule has 28 heavy (non-hydrogen) atoms. The van der Waals surface area contributed by atoms with Gasteiger partial charge in [0.25, 0.3) is 0 Å². The molecule has 0 N–H and O–H groups in total. The van der Waals surface area contributed by atoms with E-state index in [1.165, 1.54) is 34.4 Å². The Morgan fingerprint density at radius 2 is 1.82 bits per heavy atom. The van der Waals surface area contributed by atoms with Gasteiger partial charge in [-0.25, -0.2) is 37.7 Å². The maximum atomic E-state index is 12.6. The minimum Gasteiger partial charge on any atom is -0.237 e. The van der Waals surface area contributed by atoms with Crippen LogP contribution in [0.2, 0.25) is 0 Å². The predicted molar refractivity (Wildman–Crippen MR) is 99.8 cm³/mol. The van der Waals surface area contributed by atoms with Gasteiger partial charge >= 0.3 is 0 Å². The van der Waals surface area contributed by atoms with Gasteiger partial charge in [-0.2, -0.15) is 5.10 Å². The van der Waals surface area contributed by atoms with E-state index in [-0.39, 0.29) is 22.2 Å². The Morgan fingerprint density at radius 1 is 1.00 bits per heavy atom. The van der Waals surface area contributed by atoms with E-state index in [0.29, 0.717) is 11.6 Å². The lowest BCUT2D eigenvalue weighted by molar-refractivity contribution is 0.597. The van der Waals surface area contributed by atoms with Gasteiger partial charge < -0.3 is 0 Å². The first-order chi connectivity index (χ1) is 13.5. The highest BCUT2D eigenvalue weighted by Gasteiger charge is 2.23. The molecular weight excluding hydrogens is 380 g/mol. The highest BCUT2D eigenvalue weighted by atomic mass is 32.2. The monoisotopic (exact) mass is 396 g/mol. The maximum absolute atomic E-state index is 12.6. The van der Waals surface area contributed by atoms with Gasteiger partial charge in [-0.3, -0.25) is 0 Å². The summed E-state index contributed by atoms with van der Waals surface area (Å²) in [7, 11) is -3.54. The number of rotatable bonds is 5. The molecule has 4 heterocycles. The molecule has 0 atom stereocenters. The van der Waals surface area contributed by atoms with Crippen LogP contribution in [0.25, 0.3) is 23.2 Å². The van der Waals surface area contributed by atoms with Crippen LogP contribution in [-0.2, 0) is 9.84 Å². The smallest absolute Gasteiger partial charge is 0.201 e. The summed E-state index contributed by atoms with van der Waals surface area (Å²) >= 11 is 0. The normalized spacial score (nSPS) is 11.6. The second-order valence-corrected chi connectivity index (χ2v) is 8.21. The van der Waals surface area contributed by atoms with Crippen LogP contribution in [0, 0.1) is 6.92 Å². The number of sulfone groups is 1. The fourth-order valence-electron chi connectivity index (χ4n) is 2.53. The number of pyridine rings is 2. The third kappa shape index (κ3) is 3.27. The standard InChI is InChI=1S/C17H16N8O2S/c1-3-28(26,27)13-5-7-15(24-10-18-9-21-24)22-16(13)17-20-11-25(23-17)14-6-4-12(2)8-19-14/h4-11H,3H2,1-2H3. The van der Waals surface area contributed by atoms with Crippen molar-refractivity contribution < 1.29 is 8.42 Å². The third-order valence-electron chi connectivity index (χ3n) is 4.05. The predicted octanol–water partition coefficient (Wildman–Crippen LogP) is 1.41. The van der Waals surface area contributed by atoms with Crippen LogP contribution >= 0.6 is 0 Å². The van der Waals surface area contributed by atoms with E-state index in [1.807, 2.05) is 13.0 Å². The molecule has 10 nitrogen and oxygen atoms in total. The summed E-state index contributed by atoms with van der Waals surface area (Å²) in [6.07, 6.45) is 6.03. The zero-order valence-corrected chi connectivity index (χ0v) is 15.9. The molecule has 0 unspecified atom stereocenters. The van der Waals surface area contributed by atoms with Gasteiger partial charge in [-0.15, -0.1) is 5.10 Å². The molecule has 4 aromatic heterocycles. The van der Waals surface area contributed by atoms with Crippen LogP contribution in [0.4, 0.5) is 0 Å². The van der Waals surface area contributed by atoms with E-state index in [4.69, 9.17) is 0 Å². The van der Waals surface area contributed by atoms with E-state index < -0.39 is 9.84 Å². The van der Waals surface area contributed by atoms with Gasteiger partial charge in [0, 0.05) is 6.20 Å². The summed E-state index contributed by atoms with van der Waals surface area (Å²) < 4.78 is 28.0. The van der Waals surface area contributed by atoms with E-state index in [1.54, 1.807) is 25.3 Å². The van der Waals surface area contributed by atoms with Crippen LogP contribution in [-0.4, -0.2) is 53.7 Å². The van der Waals surface area contributed by atoms with Crippen molar-refractivity contribution in [1.29, 1.82) is 0 Å². The van der Waals surface area contributed by atoms with Crippen molar-refractivity contribution >= 4 is 9.84 Å². The Bertz CT molecular complexity index is 1210. The molecule has 4 rings (SSSR count). The van der Waals surface area contributed by atoms with Crippen LogP contribution in [0.3, 0.4) is 0 Å². The summed E-state index contributed by atoms with van der Waals surface area (Å²) in [5.41, 5.74) is 1.17. The highest BCUT2D eigenvalue weighted by Crippen LogP contribution is 2.25. The molecule has 0 fully saturated rings. The average molecular weight is 396 g/mol. The van der Waals surface area contributed by atoms with Crippen LogP contribution in [0.5, 0.6) is 0 Å². The van der Waals surface area contributed by atoms with Crippen LogP contribution < -0.4 is 0 Å². The lowest BCUT2D eigenvalue weighted by Gasteiger charge is -2.08. The van der Waals surface area contributed by atoms with Crippen molar-refractivity contribution in [2.24, 2.45) is 0 Å². The second kappa shape index (κ2) is 6.93. The molecule has 142 valence electrons. The van der Waals surface area contributed by atoms with Gasteiger partial charge in [0.15, 0.2) is 21.5 Å². The molecule has 0 saturated heterocycles. The molecule has 4 aromatic rings. The van der Waals surface area contributed by atoms with Crippen LogP contribution in [0.1, 0.15) is 12.5 Å². The molecule has 0 aliphatic heterocycles. The molecule has 11 heteroatoms. The topological polar surface area (TPSA) is 121 Å². The lowest BCUT2D eigenvalue weighted by atomic mass is 10.3. The van der Waals surface area contributed by atoms with Gasteiger partial charge in [0.05, 0.1) is 10.6 Å². The van der Waals surface area contributed by atoms with Gasteiger partial charge in [0.1, 0.15) is 24.7 Å². The molecule has 0 bridgehead atoms. The van der Waals surface area contributed by atoms with E-state index in [2.05, 4.69) is 30.1 Å². The summed E-state index contributed by atoms with van der Waals surface area (Å²) in [5.74, 6) is 1.09. The minimum atomic E-state index is -3.54. The first kappa shape index (κ1) is 17.9. The molecule has 0 aliphatic carbocycles.